The first-order chi connectivity index (χ1) is 10.3. The molecule has 0 radical (unpaired) electrons. The molecule has 0 amide bonds. The maximum atomic E-state index is 6.53. The van der Waals surface area contributed by atoms with Crippen molar-refractivity contribution in [2.45, 2.75) is 24.8 Å². The van der Waals surface area contributed by atoms with Crippen molar-refractivity contribution in [3.05, 3.63) is 83.4 Å². The lowest BCUT2D eigenvalue weighted by Gasteiger charge is -2.32. The second kappa shape index (κ2) is 5.01. The van der Waals surface area contributed by atoms with E-state index in [9.17, 15) is 0 Å². The van der Waals surface area contributed by atoms with Crippen molar-refractivity contribution in [3.8, 4) is 0 Å². The fraction of sp³-hybridized carbons (Fsp3) is 0.200. The normalized spacial score (nSPS) is 18.0. The molecule has 1 aliphatic carbocycles. The Morgan fingerprint density at radius 2 is 1.67 bits per heavy atom. The van der Waals surface area contributed by atoms with Gasteiger partial charge in [0.15, 0.2) is 0 Å². The highest BCUT2D eigenvalue weighted by molar-refractivity contribution is 5.86. The van der Waals surface area contributed by atoms with Crippen LogP contribution < -0.4 is 5.73 Å². The summed E-state index contributed by atoms with van der Waals surface area (Å²) in [7, 11) is 0. The highest BCUT2D eigenvalue weighted by Crippen LogP contribution is 2.40. The molecular weight excluding hydrogens is 254 g/mol. The maximum absolute atomic E-state index is 6.53. The van der Waals surface area contributed by atoms with Gasteiger partial charge in [0.1, 0.15) is 0 Å². The Bertz CT molecular complexity index is 785. The van der Waals surface area contributed by atoms with Gasteiger partial charge in [-0.25, -0.2) is 0 Å². The van der Waals surface area contributed by atoms with Gasteiger partial charge < -0.3 is 5.73 Å². The van der Waals surface area contributed by atoms with E-state index in [4.69, 9.17) is 5.73 Å². The Morgan fingerprint density at radius 3 is 2.57 bits per heavy atom. The van der Waals surface area contributed by atoms with Crippen LogP contribution in [-0.4, -0.2) is 0 Å². The van der Waals surface area contributed by atoms with Gasteiger partial charge in [-0.15, -0.1) is 0 Å². The summed E-state index contributed by atoms with van der Waals surface area (Å²) >= 11 is 0. The summed E-state index contributed by atoms with van der Waals surface area (Å²) in [5.74, 6) is 0.621. The molecule has 3 aromatic rings. The molecule has 0 aliphatic heterocycles. The van der Waals surface area contributed by atoms with Gasteiger partial charge >= 0.3 is 0 Å². The molecule has 1 aliphatic rings. The van der Waals surface area contributed by atoms with Gasteiger partial charge in [0.2, 0.25) is 0 Å². The van der Waals surface area contributed by atoms with E-state index in [-0.39, 0.29) is 6.04 Å². The van der Waals surface area contributed by atoms with Gasteiger partial charge in [0.05, 0.1) is 0 Å². The number of nitrogens with two attached hydrogens (primary N) is 1. The highest BCUT2D eigenvalue weighted by atomic mass is 14.6. The average molecular weight is 273 g/mol. The molecule has 1 nitrogen and oxygen atoms in total. The first-order valence-corrected chi connectivity index (χ1v) is 7.64. The summed E-state index contributed by atoms with van der Waals surface area (Å²) in [4.78, 5) is 0. The summed E-state index contributed by atoms with van der Waals surface area (Å²) in [5.41, 5.74) is 10.8. The molecule has 0 fully saturated rings. The van der Waals surface area contributed by atoms with E-state index in [1.54, 1.807) is 0 Å². The Labute approximate surface area is 125 Å². The lowest BCUT2D eigenvalue weighted by molar-refractivity contribution is 0.500. The Hall–Kier alpha value is -2.12. The van der Waals surface area contributed by atoms with Crippen molar-refractivity contribution in [2.24, 2.45) is 5.73 Å². The molecule has 2 unspecified atom stereocenters. The van der Waals surface area contributed by atoms with Gasteiger partial charge in [-0.05, 0) is 46.2 Å². The monoisotopic (exact) mass is 273 g/mol. The molecule has 0 aromatic heterocycles. The molecule has 0 bridgehead atoms. The predicted molar refractivity (Wildman–Crippen MR) is 88.4 cm³/mol. The molecule has 104 valence electrons. The summed E-state index contributed by atoms with van der Waals surface area (Å²) in [6.07, 6.45) is 2.21. The van der Waals surface area contributed by atoms with Crippen LogP contribution in [0.2, 0.25) is 0 Å². The number of benzene rings is 3. The van der Waals surface area contributed by atoms with Crippen LogP contribution in [0.15, 0.2) is 66.7 Å². The van der Waals surface area contributed by atoms with Crippen molar-refractivity contribution in [3.63, 3.8) is 0 Å². The smallest absolute Gasteiger partial charge is 0.0307 e. The Balaban J connectivity index is 1.62. The van der Waals surface area contributed by atoms with Crippen LogP contribution in [0.1, 0.15) is 35.1 Å². The average Bonchev–Trinajstić information content (AvgIpc) is 2.52. The lowest BCUT2D eigenvalue weighted by Crippen LogP contribution is -2.22. The quantitative estimate of drug-likeness (QED) is 0.743. The molecule has 0 saturated carbocycles. The van der Waals surface area contributed by atoms with Crippen LogP contribution in [0.25, 0.3) is 10.8 Å². The first kappa shape index (κ1) is 12.6. The van der Waals surface area contributed by atoms with Gasteiger partial charge in [-0.3, -0.25) is 0 Å². The summed E-state index contributed by atoms with van der Waals surface area (Å²) in [6, 6.07) is 23.8. The Morgan fingerprint density at radius 1 is 0.905 bits per heavy atom. The van der Waals surface area contributed by atoms with Crippen LogP contribution in [0.3, 0.4) is 0 Å². The molecule has 2 atom stereocenters. The summed E-state index contributed by atoms with van der Waals surface area (Å²) in [5, 5.41) is 2.57. The first-order valence-electron chi connectivity index (χ1n) is 7.64. The minimum atomic E-state index is 0.106. The predicted octanol–water partition coefficient (Wildman–Crippen LogP) is 4.57. The van der Waals surface area contributed by atoms with Crippen molar-refractivity contribution in [2.75, 3.05) is 0 Å². The molecule has 0 spiro atoms. The molecule has 0 heterocycles. The van der Waals surface area contributed by atoms with E-state index in [1.807, 2.05) is 0 Å². The third kappa shape index (κ3) is 2.14. The topological polar surface area (TPSA) is 26.0 Å². The van der Waals surface area contributed by atoms with Gasteiger partial charge in [0, 0.05) is 6.04 Å². The number of hydrogen-bond donors (Lipinski definition) is 1. The van der Waals surface area contributed by atoms with E-state index in [2.05, 4.69) is 66.7 Å². The zero-order valence-electron chi connectivity index (χ0n) is 12.0. The van der Waals surface area contributed by atoms with Crippen molar-refractivity contribution >= 4 is 10.8 Å². The van der Waals surface area contributed by atoms with Crippen LogP contribution in [-0.2, 0) is 6.42 Å². The molecule has 3 aromatic carbocycles. The molecule has 21 heavy (non-hydrogen) atoms. The van der Waals surface area contributed by atoms with Crippen molar-refractivity contribution in [1.29, 1.82) is 0 Å². The number of hydrogen-bond acceptors (Lipinski definition) is 1. The lowest BCUT2D eigenvalue weighted by atomic mass is 9.73. The standard InChI is InChI=1S/C20H19N/c21-20(13-16-12-15-7-2-3-9-17(15)16)19-11-5-8-14-6-1-4-10-18(14)19/h1-11,16,20H,12-13,21H2. The van der Waals surface area contributed by atoms with Crippen molar-refractivity contribution < 1.29 is 0 Å². The van der Waals surface area contributed by atoms with Crippen molar-refractivity contribution in [1.82, 2.24) is 0 Å². The van der Waals surface area contributed by atoms with E-state index in [0.29, 0.717) is 5.92 Å². The SMILES string of the molecule is NC(CC1Cc2ccccc21)c1cccc2ccccc12. The van der Waals surface area contributed by atoms with E-state index < -0.39 is 0 Å². The minimum absolute atomic E-state index is 0.106. The molecule has 4 rings (SSSR count). The highest BCUT2D eigenvalue weighted by Gasteiger charge is 2.27. The van der Waals surface area contributed by atoms with E-state index >= 15 is 0 Å². The van der Waals surface area contributed by atoms with Crippen LogP contribution in [0.5, 0.6) is 0 Å². The molecule has 0 saturated heterocycles. The van der Waals surface area contributed by atoms with Gasteiger partial charge in [-0.2, -0.15) is 0 Å². The maximum Gasteiger partial charge on any atom is 0.0307 e. The van der Waals surface area contributed by atoms with Crippen LogP contribution >= 0.6 is 0 Å². The van der Waals surface area contributed by atoms with Gasteiger partial charge in [-0.1, -0.05) is 66.7 Å². The molecular formula is C20H19N. The third-order valence-electron chi connectivity index (χ3n) is 4.72. The fourth-order valence-electron chi connectivity index (χ4n) is 3.58. The largest absolute Gasteiger partial charge is 0.324 e. The minimum Gasteiger partial charge on any atom is -0.324 e. The summed E-state index contributed by atoms with van der Waals surface area (Å²) < 4.78 is 0. The van der Waals surface area contributed by atoms with E-state index in [0.717, 1.165) is 6.42 Å². The zero-order chi connectivity index (χ0) is 14.2. The Kier molecular flexibility index (Phi) is 3.01. The second-order valence-electron chi connectivity index (χ2n) is 6.01. The fourth-order valence-corrected chi connectivity index (χ4v) is 3.58. The second-order valence-corrected chi connectivity index (χ2v) is 6.01. The van der Waals surface area contributed by atoms with E-state index in [1.165, 1.54) is 33.9 Å². The van der Waals surface area contributed by atoms with Crippen LogP contribution in [0, 0.1) is 0 Å². The number of rotatable bonds is 3. The third-order valence-corrected chi connectivity index (χ3v) is 4.72. The zero-order valence-corrected chi connectivity index (χ0v) is 12.0. The van der Waals surface area contributed by atoms with Gasteiger partial charge in [0.25, 0.3) is 0 Å². The molecule has 1 heteroatoms. The molecule has 2 N–H and O–H groups in total. The van der Waals surface area contributed by atoms with Crippen LogP contribution in [0.4, 0.5) is 0 Å². The summed E-state index contributed by atoms with van der Waals surface area (Å²) in [6.45, 7) is 0. The number of fused-ring (bicyclic) bond motifs is 2.